The van der Waals surface area contributed by atoms with Crippen molar-refractivity contribution in [2.24, 2.45) is 5.41 Å². The molecule has 1 spiro atoms. The molecule has 0 radical (unpaired) electrons. The van der Waals surface area contributed by atoms with Crippen molar-refractivity contribution in [1.29, 1.82) is 0 Å². The van der Waals surface area contributed by atoms with E-state index in [-0.39, 0.29) is 17.9 Å². The molecule has 1 atom stereocenters. The summed E-state index contributed by atoms with van der Waals surface area (Å²) in [5.41, 5.74) is 0.624. The molecule has 3 heterocycles. The number of nitrogens with zero attached hydrogens (tertiary/aromatic N) is 3. The molecule has 156 valence electrons. The highest BCUT2D eigenvalue weighted by Gasteiger charge is 2.56. The van der Waals surface area contributed by atoms with Crippen LogP contribution < -0.4 is 0 Å². The number of amides is 2. The Morgan fingerprint density at radius 2 is 1.63 bits per heavy atom. The smallest absolute Gasteiger partial charge is 0.253 e. The summed E-state index contributed by atoms with van der Waals surface area (Å²) in [6.07, 6.45) is 1.85. The zero-order chi connectivity index (χ0) is 20.9. The van der Waals surface area contributed by atoms with Crippen LogP contribution in [0.25, 0.3) is 0 Å². The molecule has 3 aliphatic heterocycles. The third-order valence-electron chi connectivity index (χ3n) is 6.71. The minimum absolute atomic E-state index is 0.00943. The summed E-state index contributed by atoms with van der Waals surface area (Å²) in [6.45, 7) is 2.34. The molecule has 0 unspecified atom stereocenters. The zero-order valence-corrected chi connectivity index (χ0v) is 16.6. The second-order valence-electron chi connectivity index (χ2n) is 8.48. The van der Waals surface area contributed by atoms with Gasteiger partial charge in [-0.05, 0) is 49.1 Å². The molecule has 0 bridgehead atoms. The van der Waals surface area contributed by atoms with Gasteiger partial charge in [0.1, 0.15) is 11.6 Å². The normalized spacial score (nSPS) is 23.3. The van der Waals surface area contributed by atoms with Crippen LogP contribution in [0.5, 0.6) is 0 Å². The fourth-order valence-corrected chi connectivity index (χ4v) is 5.13. The molecule has 30 heavy (non-hydrogen) atoms. The molecule has 5 rings (SSSR count). The number of carbonyl (C=O) groups excluding carboxylic acids is 2. The molecule has 0 aromatic heterocycles. The predicted octanol–water partition coefficient (Wildman–Crippen LogP) is 3.39. The van der Waals surface area contributed by atoms with E-state index in [1.165, 1.54) is 12.1 Å². The molecule has 0 N–H and O–H groups in total. The maximum absolute atomic E-state index is 13.7. The van der Waals surface area contributed by atoms with Crippen molar-refractivity contribution < 1.29 is 18.4 Å². The fraction of sp³-hybridized carbons (Fsp3) is 0.391. The van der Waals surface area contributed by atoms with E-state index in [4.69, 9.17) is 0 Å². The average molecular weight is 411 g/mol. The highest BCUT2D eigenvalue weighted by Crippen LogP contribution is 2.47. The lowest BCUT2D eigenvalue weighted by molar-refractivity contribution is -0.144. The van der Waals surface area contributed by atoms with E-state index in [9.17, 15) is 18.4 Å². The summed E-state index contributed by atoms with van der Waals surface area (Å²) in [5, 5.41) is 3.73. The van der Waals surface area contributed by atoms with Gasteiger partial charge in [0.05, 0.1) is 11.5 Å². The third-order valence-corrected chi connectivity index (χ3v) is 6.71. The number of piperidine rings is 1. The van der Waals surface area contributed by atoms with Crippen LogP contribution in [0.1, 0.15) is 41.2 Å². The molecular weight excluding hydrogens is 388 g/mol. The summed E-state index contributed by atoms with van der Waals surface area (Å²) in [5.74, 6) is -1.25. The van der Waals surface area contributed by atoms with Gasteiger partial charge < -0.3 is 4.90 Å². The molecule has 3 fully saturated rings. The molecule has 2 aromatic carbocycles. The van der Waals surface area contributed by atoms with Crippen LogP contribution in [0, 0.1) is 17.0 Å². The summed E-state index contributed by atoms with van der Waals surface area (Å²) >= 11 is 0. The standard InChI is InChI=1S/C23H23F2N3O2/c24-18-12-17(13-19(25)14-18)20-6-9-27-15-23(22(30)28(20)27)7-10-26(11-8-23)21(29)16-4-2-1-3-5-16/h1-5,12-14,20H,6-11,15H2/t20-/m0/s1. The second kappa shape index (κ2) is 7.16. The first-order valence-corrected chi connectivity index (χ1v) is 10.4. The van der Waals surface area contributed by atoms with Gasteiger partial charge in [-0.2, -0.15) is 0 Å². The number of rotatable bonds is 2. The van der Waals surface area contributed by atoms with Crippen molar-refractivity contribution in [3.05, 3.63) is 71.3 Å². The first kappa shape index (κ1) is 19.2. The van der Waals surface area contributed by atoms with E-state index >= 15 is 0 Å². The fourth-order valence-electron chi connectivity index (χ4n) is 5.13. The Kier molecular flexibility index (Phi) is 4.58. The Morgan fingerprint density at radius 3 is 2.30 bits per heavy atom. The topological polar surface area (TPSA) is 43.9 Å². The van der Waals surface area contributed by atoms with Crippen LogP contribution in [-0.2, 0) is 4.79 Å². The van der Waals surface area contributed by atoms with Crippen LogP contribution in [0.4, 0.5) is 8.78 Å². The van der Waals surface area contributed by atoms with Crippen molar-refractivity contribution >= 4 is 11.8 Å². The summed E-state index contributed by atoms with van der Waals surface area (Å²) < 4.78 is 27.5. The summed E-state index contributed by atoms with van der Waals surface area (Å²) in [4.78, 5) is 28.0. The third kappa shape index (κ3) is 3.08. The van der Waals surface area contributed by atoms with Gasteiger partial charge in [0.25, 0.3) is 5.91 Å². The van der Waals surface area contributed by atoms with Crippen LogP contribution in [-0.4, -0.2) is 52.9 Å². The molecular formula is C23H23F2N3O2. The molecule has 7 heteroatoms. The second-order valence-corrected chi connectivity index (χ2v) is 8.48. The minimum atomic E-state index is -0.627. The van der Waals surface area contributed by atoms with Gasteiger partial charge in [-0.3, -0.25) is 14.6 Å². The molecule has 5 nitrogen and oxygen atoms in total. The number of benzene rings is 2. The first-order chi connectivity index (χ1) is 14.5. The van der Waals surface area contributed by atoms with Crippen LogP contribution in [0.15, 0.2) is 48.5 Å². The lowest BCUT2D eigenvalue weighted by atomic mass is 9.77. The number of halogens is 2. The van der Waals surface area contributed by atoms with Gasteiger partial charge in [0, 0.05) is 37.8 Å². The predicted molar refractivity (Wildman–Crippen MR) is 106 cm³/mol. The van der Waals surface area contributed by atoms with Gasteiger partial charge in [-0.25, -0.2) is 13.8 Å². The van der Waals surface area contributed by atoms with E-state index in [0.29, 0.717) is 56.6 Å². The quantitative estimate of drug-likeness (QED) is 0.761. The number of hydrogen-bond donors (Lipinski definition) is 0. The molecule has 2 aromatic rings. The zero-order valence-electron chi connectivity index (χ0n) is 16.6. The van der Waals surface area contributed by atoms with Crippen molar-refractivity contribution in [1.82, 2.24) is 14.9 Å². The monoisotopic (exact) mass is 411 g/mol. The number of likely N-dealkylation sites (tertiary alicyclic amines) is 1. The molecule has 2 amide bonds. The summed E-state index contributed by atoms with van der Waals surface area (Å²) in [6, 6.07) is 12.3. The lowest BCUT2D eigenvalue weighted by Crippen LogP contribution is -2.47. The van der Waals surface area contributed by atoms with Crippen molar-refractivity contribution in [3.8, 4) is 0 Å². The van der Waals surface area contributed by atoms with Gasteiger partial charge >= 0.3 is 0 Å². The van der Waals surface area contributed by atoms with Crippen molar-refractivity contribution in [3.63, 3.8) is 0 Å². The number of fused-ring (bicyclic) bond motifs is 1. The van der Waals surface area contributed by atoms with Gasteiger partial charge in [-0.1, -0.05) is 18.2 Å². The highest BCUT2D eigenvalue weighted by atomic mass is 19.1. The molecule has 3 aliphatic rings. The Hall–Kier alpha value is -2.80. The van der Waals surface area contributed by atoms with E-state index in [1.54, 1.807) is 17.1 Å². The van der Waals surface area contributed by atoms with Gasteiger partial charge in [-0.15, -0.1) is 0 Å². The Balaban J connectivity index is 1.32. The highest BCUT2D eigenvalue weighted by molar-refractivity contribution is 5.94. The first-order valence-electron chi connectivity index (χ1n) is 10.4. The van der Waals surface area contributed by atoms with E-state index < -0.39 is 17.0 Å². The maximum Gasteiger partial charge on any atom is 0.253 e. The van der Waals surface area contributed by atoms with Gasteiger partial charge in [0.2, 0.25) is 5.91 Å². The number of hydrazine groups is 1. The molecule has 0 aliphatic carbocycles. The Morgan fingerprint density at radius 1 is 0.967 bits per heavy atom. The largest absolute Gasteiger partial charge is 0.339 e. The number of carbonyl (C=O) groups is 2. The maximum atomic E-state index is 13.7. The van der Waals surface area contributed by atoms with Crippen LogP contribution >= 0.6 is 0 Å². The molecule has 3 saturated heterocycles. The Bertz CT molecular complexity index is 969. The molecule has 0 saturated carbocycles. The van der Waals surface area contributed by atoms with Crippen LogP contribution in [0.3, 0.4) is 0 Å². The lowest BCUT2D eigenvalue weighted by Gasteiger charge is -2.38. The van der Waals surface area contributed by atoms with Crippen molar-refractivity contribution in [2.75, 3.05) is 26.2 Å². The van der Waals surface area contributed by atoms with Crippen LogP contribution in [0.2, 0.25) is 0 Å². The van der Waals surface area contributed by atoms with E-state index in [0.717, 1.165) is 6.07 Å². The average Bonchev–Trinajstić information content (AvgIpc) is 3.26. The SMILES string of the molecule is O=C(c1ccccc1)N1CCC2(CC1)CN1CC[C@@H](c3cc(F)cc(F)c3)N1C2=O. The van der Waals surface area contributed by atoms with E-state index in [2.05, 4.69) is 0 Å². The van der Waals surface area contributed by atoms with E-state index in [1.807, 2.05) is 28.1 Å². The number of hydrogen-bond acceptors (Lipinski definition) is 3. The summed E-state index contributed by atoms with van der Waals surface area (Å²) in [7, 11) is 0. The minimum Gasteiger partial charge on any atom is -0.339 e. The van der Waals surface area contributed by atoms with Gasteiger partial charge in [0.15, 0.2) is 0 Å². The Labute approximate surface area is 173 Å². The van der Waals surface area contributed by atoms with Crippen molar-refractivity contribution in [2.45, 2.75) is 25.3 Å².